The molecule has 2 N–H and O–H groups in total. The lowest BCUT2D eigenvalue weighted by Crippen LogP contribution is -2.14. The first-order chi connectivity index (χ1) is 9.62. The lowest BCUT2D eigenvalue weighted by Gasteiger charge is -2.08. The molecule has 8 heteroatoms. The fourth-order valence-electron chi connectivity index (χ4n) is 1.42. The van der Waals surface area contributed by atoms with E-state index in [1.54, 1.807) is 12.1 Å². The van der Waals surface area contributed by atoms with Crippen molar-refractivity contribution in [3.05, 3.63) is 36.9 Å². The molecule has 0 unspecified atom stereocenters. The third-order valence-corrected chi connectivity index (χ3v) is 3.74. The van der Waals surface area contributed by atoms with Gasteiger partial charge >= 0.3 is 0 Å². The van der Waals surface area contributed by atoms with E-state index in [9.17, 15) is 8.42 Å². The van der Waals surface area contributed by atoms with Crippen LogP contribution >= 0.6 is 0 Å². The van der Waals surface area contributed by atoms with Gasteiger partial charge in [0.1, 0.15) is 4.90 Å². The van der Waals surface area contributed by atoms with Crippen LogP contribution in [0.4, 0.5) is 11.6 Å². The van der Waals surface area contributed by atoms with Crippen LogP contribution in [0, 0.1) is 0 Å². The van der Waals surface area contributed by atoms with Gasteiger partial charge in [0.25, 0.3) is 10.0 Å². The zero-order chi connectivity index (χ0) is 14.4. The highest BCUT2D eigenvalue weighted by molar-refractivity contribution is 7.92. The van der Waals surface area contributed by atoms with Gasteiger partial charge in [0.15, 0.2) is 0 Å². The number of nitrogens with one attached hydrogen (secondary N) is 2. The molecule has 0 fully saturated rings. The van der Waals surface area contributed by atoms with E-state index in [1.807, 2.05) is 6.92 Å². The summed E-state index contributed by atoms with van der Waals surface area (Å²) in [6.07, 6.45) is 6.49. The molecule has 20 heavy (non-hydrogen) atoms. The van der Waals surface area contributed by atoms with Crippen LogP contribution in [0.3, 0.4) is 0 Å². The minimum atomic E-state index is -3.68. The van der Waals surface area contributed by atoms with Gasteiger partial charge in [-0.3, -0.25) is 9.71 Å². The van der Waals surface area contributed by atoms with Crippen LogP contribution in [-0.2, 0) is 10.0 Å². The largest absolute Gasteiger partial charge is 0.354 e. The van der Waals surface area contributed by atoms with Crippen LogP contribution < -0.4 is 10.0 Å². The molecule has 0 aliphatic carbocycles. The van der Waals surface area contributed by atoms with Crippen LogP contribution in [0.2, 0.25) is 0 Å². The molecule has 7 nitrogen and oxygen atoms in total. The number of pyridine rings is 1. The first-order valence-corrected chi connectivity index (χ1v) is 7.59. The minimum absolute atomic E-state index is 0.0105. The Morgan fingerprint density at radius 1 is 1.15 bits per heavy atom. The molecule has 0 aliphatic rings. The molecule has 2 heterocycles. The van der Waals surface area contributed by atoms with Crippen molar-refractivity contribution in [2.75, 3.05) is 16.6 Å². The van der Waals surface area contributed by atoms with Crippen LogP contribution in [0.5, 0.6) is 0 Å². The van der Waals surface area contributed by atoms with Gasteiger partial charge in [0.05, 0.1) is 18.1 Å². The number of nitrogens with zero attached hydrogens (tertiary/aromatic N) is 3. The number of anilines is 2. The minimum Gasteiger partial charge on any atom is -0.354 e. The van der Waals surface area contributed by atoms with Crippen molar-refractivity contribution in [1.82, 2.24) is 15.0 Å². The van der Waals surface area contributed by atoms with Crippen molar-refractivity contribution in [2.45, 2.75) is 18.2 Å². The molecular formula is C12H15N5O2S. The average molecular weight is 293 g/mol. The van der Waals surface area contributed by atoms with Gasteiger partial charge in [-0.1, -0.05) is 6.92 Å². The third-order valence-electron chi connectivity index (χ3n) is 2.40. The Labute approximate surface area is 117 Å². The topological polar surface area (TPSA) is 96.9 Å². The summed E-state index contributed by atoms with van der Waals surface area (Å²) in [7, 11) is -3.68. The molecule has 106 valence electrons. The van der Waals surface area contributed by atoms with E-state index in [1.165, 1.54) is 24.8 Å². The Balaban J connectivity index is 2.13. The van der Waals surface area contributed by atoms with Gasteiger partial charge < -0.3 is 5.32 Å². The van der Waals surface area contributed by atoms with Gasteiger partial charge in [0, 0.05) is 18.9 Å². The molecule has 0 atom stereocenters. The quantitative estimate of drug-likeness (QED) is 0.837. The summed E-state index contributed by atoms with van der Waals surface area (Å²) in [4.78, 5) is 11.8. The Morgan fingerprint density at radius 3 is 2.40 bits per heavy atom. The summed E-state index contributed by atoms with van der Waals surface area (Å²) >= 11 is 0. The molecule has 0 bridgehead atoms. The Bertz CT molecular complexity index is 643. The van der Waals surface area contributed by atoms with E-state index in [-0.39, 0.29) is 4.90 Å². The molecule has 0 aliphatic heterocycles. The molecule has 2 rings (SSSR count). The maximum absolute atomic E-state index is 12.1. The van der Waals surface area contributed by atoms with Crippen molar-refractivity contribution >= 4 is 21.7 Å². The monoisotopic (exact) mass is 293 g/mol. The van der Waals surface area contributed by atoms with Crippen LogP contribution in [0.25, 0.3) is 0 Å². The molecule has 2 aromatic heterocycles. The summed E-state index contributed by atoms with van der Waals surface area (Å²) in [5, 5.41) is 2.98. The number of hydrogen-bond donors (Lipinski definition) is 2. The maximum atomic E-state index is 12.1. The molecular weight excluding hydrogens is 278 g/mol. The van der Waals surface area contributed by atoms with Crippen molar-refractivity contribution in [1.29, 1.82) is 0 Å². The Morgan fingerprint density at radius 2 is 1.80 bits per heavy atom. The lowest BCUT2D eigenvalue weighted by molar-refractivity contribution is 0.600. The first kappa shape index (κ1) is 14.2. The highest BCUT2D eigenvalue weighted by atomic mass is 32.2. The second kappa shape index (κ2) is 6.29. The zero-order valence-electron chi connectivity index (χ0n) is 10.9. The molecule has 0 amide bonds. The lowest BCUT2D eigenvalue weighted by atomic mass is 10.4. The summed E-state index contributed by atoms with van der Waals surface area (Å²) in [5.41, 5.74) is 0.438. The fourth-order valence-corrected chi connectivity index (χ4v) is 2.36. The van der Waals surface area contributed by atoms with E-state index in [4.69, 9.17) is 0 Å². The van der Waals surface area contributed by atoms with Crippen LogP contribution in [0.15, 0.2) is 41.8 Å². The predicted octanol–water partition coefficient (Wildman–Crippen LogP) is 1.49. The standard InChI is InChI=1S/C12H15N5O2S/c1-2-5-14-12-15-8-11(9-16-12)20(18,19)17-10-3-6-13-7-4-10/h3-4,6-9H,2,5H2,1H3,(H,13,17)(H,14,15,16). The summed E-state index contributed by atoms with van der Waals surface area (Å²) in [6, 6.07) is 3.13. The second-order valence-electron chi connectivity index (χ2n) is 4.01. The molecule has 0 saturated heterocycles. The van der Waals surface area contributed by atoms with Crippen molar-refractivity contribution < 1.29 is 8.42 Å². The first-order valence-electron chi connectivity index (χ1n) is 6.10. The van der Waals surface area contributed by atoms with Gasteiger partial charge in [-0.15, -0.1) is 0 Å². The molecule has 0 radical (unpaired) electrons. The van der Waals surface area contributed by atoms with Crippen LogP contribution in [-0.4, -0.2) is 29.9 Å². The van der Waals surface area contributed by atoms with Gasteiger partial charge in [0.2, 0.25) is 5.95 Å². The van der Waals surface area contributed by atoms with E-state index in [0.717, 1.165) is 13.0 Å². The molecule has 2 aromatic rings. The highest BCUT2D eigenvalue weighted by Crippen LogP contribution is 2.14. The third kappa shape index (κ3) is 3.64. The normalized spacial score (nSPS) is 11.1. The van der Waals surface area contributed by atoms with Crippen molar-refractivity contribution in [3.8, 4) is 0 Å². The van der Waals surface area contributed by atoms with Crippen molar-refractivity contribution in [3.63, 3.8) is 0 Å². The van der Waals surface area contributed by atoms with Crippen molar-refractivity contribution in [2.24, 2.45) is 0 Å². The average Bonchev–Trinajstić information content (AvgIpc) is 2.46. The van der Waals surface area contributed by atoms with E-state index < -0.39 is 10.0 Å². The number of hydrogen-bond acceptors (Lipinski definition) is 6. The van der Waals surface area contributed by atoms with Crippen LogP contribution in [0.1, 0.15) is 13.3 Å². The Hall–Kier alpha value is -2.22. The SMILES string of the molecule is CCCNc1ncc(S(=O)(=O)Nc2ccncc2)cn1. The highest BCUT2D eigenvalue weighted by Gasteiger charge is 2.15. The summed E-state index contributed by atoms with van der Waals surface area (Å²) < 4.78 is 26.6. The smallest absolute Gasteiger partial charge is 0.264 e. The van der Waals surface area contributed by atoms with Gasteiger partial charge in [-0.05, 0) is 18.6 Å². The predicted molar refractivity (Wildman–Crippen MR) is 75.9 cm³/mol. The molecule has 0 saturated carbocycles. The molecule has 0 aromatic carbocycles. The molecule has 0 spiro atoms. The number of rotatable bonds is 6. The van der Waals surface area contributed by atoms with E-state index >= 15 is 0 Å². The van der Waals surface area contributed by atoms with E-state index in [0.29, 0.717) is 11.6 Å². The van der Waals surface area contributed by atoms with Gasteiger partial charge in [-0.2, -0.15) is 0 Å². The number of sulfonamides is 1. The number of aromatic nitrogens is 3. The zero-order valence-corrected chi connectivity index (χ0v) is 11.8. The Kier molecular flexibility index (Phi) is 4.46. The summed E-state index contributed by atoms with van der Waals surface area (Å²) in [6.45, 7) is 2.76. The van der Waals surface area contributed by atoms with E-state index in [2.05, 4.69) is 25.0 Å². The van der Waals surface area contributed by atoms with Gasteiger partial charge in [-0.25, -0.2) is 18.4 Å². The second-order valence-corrected chi connectivity index (χ2v) is 5.69. The summed E-state index contributed by atoms with van der Waals surface area (Å²) in [5.74, 6) is 0.412. The fraction of sp³-hybridized carbons (Fsp3) is 0.250. The maximum Gasteiger partial charge on any atom is 0.264 e.